The van der Waals surface area contributed by atoms with Crippen LogP contribution in [0.15, 0.2) is 37.1 Å². The summed E-state index contributed by atoms with van der Waals surface area (Å²) >= 11 is 3.16. The molecule has 1 N–H and O–H groups in total. The lowest BCUT2D eigenvalue weighted by Gasteiger charge is -2.34. The van der Waals surface area contributed by atoms with E-state index in [4.69, 9.17) is 14.2 Å². The maximum atomic E-state index is 14.6. The van der Waals surface area contributed by atoms with Gasteiger partial charge in [0.1, 0.15) is 6.10 Å². The number of ether oxygens (including phenoxy) is 3. The number of rotatable bonds is 12. The molecule has 1 aliphatic heterocycles. The average molecular weight is 397 g/mol. The largest absolute Gasteiger partial charge is 0.466 e. The molecule has 1 unspecified atom stereocenters. The molecule has 1 rings (SSSR count). The second-order valence-corrected chi connectivity index (χ2v) is 8.44. The highest BCUT2D eigenvalue weighted by Gasteiger charge is 2.45. The minimum absolute atomic E-state index is 0.223. The third-order valence-electron chi connectivity index (χ3n) is 3.41. The van der Waals surface area contributed by atoms with Crippen molar-refractivity contribution in [3.05, 3.63) is 37.1 Å². The Bertz CT molecular complexity index is 452. The number of hydrogen-bond acceptors (Lipinski definition) is 6. The van der Waals surface area contributed by atoms with Crippen LogP contribution in [0.3, 0.4) is 0 Å². The molecule has 144 valence electrons. The van der Waals surface area contributed by atoms with Crippen LogP contribution in [0.4, 0.5) is 8.78 Å². The van der Waals surface area contributed by atoms with Crippen molar-refractivity contribution in [3.63, 3.8) is 0 Å². The Balaban J connectivity index is 3.01. The van der Waals surface area contributed by atoms with Gasteiger partial charge < -0.3 is 19.3 Å². The highest BCUT2D eigenvalue weighted by atomic mass is 32.2. The van der Waals surface area contributed by atoms with Gasteiger partial charge >= 0.3 is 5.92 Å². The van der Waals surface area contributed by atoms with Gasteiger partial charge in [0.05, 0.1) is 17.3 Å². The van der Waals surface area contributed by atoms with Gasteiger partial charge in [0, 0.05) is 7.11 Å². The van der Waals surface area contributed by atoms with Crippen LogP contribution in [0.5, 0.6) is 0 Å². The number of hydrogen-bond donors (Lipinski definition) is 1. The molecule has 1 heterocycles. The van der Waals surface area contributed by atoms with E-state index in [9.17, 15) is 13.9 Å². The van der Waals surface area contributed by atoms with Gasteiger partial charge in [0.2, 0.25) is 0 Å². The predicted octanol–water partition coefficient (Wildman–Crippen LogP) is 3.83. The van der Waals surface area contributed by atoms with E-state index >= 15 is 0 Å². The Kier molecular flexibility index (Phi) is 10.1. The van der Waals surface area contributed by atoms with E-state index in [0.29, 0.717) is 13.0 Å². The lowest BCUT2D eigenvalue weighted by molar-refractivity contribution is -0.123. The molecule has 0 radical (unpaired) electrons. The van der Waals surface area contributed by atoms with Crippen molar-refractivity contribution in [2.75, 3.05) is 38.6 Å². The first-order valence-corrected chi connectivity index (χ1v) is 9.89. The highest BCUT2D eigenvalue weighted by Crippen LogP contribution is 2.48. The summed E-state index contributed by atoms with van der Waals surface area (Å²) in [5, 5.41) is 9.66. The smallest absolute Gasteiger partial charge is 0.332 e. The topological polar surface area (TPSA) is 47.9 Å². The second kappa shape index (κ2) is 11.2. The number of allylic oxidation sites excluding steroid dienone is 1. The van der Waals surface area contributed by atoms with Gasteiger partial charge in [0.15, 0.2) is 12.6 Å². The number of aliphatic hydroxyl groups excluding tert-OH is 1. The van der Waals surface area contributed by atoms with Crippen LogP contribution in [0.25, 0.3) is 0 Å². The number of methoxy groups -OCH3 is 1. The van der Waals surface area contributed by atoms with Crippen LogP contribution in [0, 0.1) is 0 Å². The molecule has 0 aromatic carbocycles. The van der Waals surface area contributed by atoms with Gasteiger partial charge in [0.25, 0.3) is 0 Å². The quantitative estimate of drug-likeness (QED) is 0.234. The fourth-order valence-corrected chi connectivity index (χ4v) is 5.22. The Morgan fingerprint density at radius 3 is 2.56 bits per heavy atom. The van der Waals surface area contributed by atoms with Gasteiger partial charge in [-0.15, -0.1) is 36.7 Å². The van der Waals surface area contributed by atoms with Gasteiger partial charge in [-0.25, -0.2) is 0 Å². The van der Waals surface area contributed by atoms with Gasteiger partial charge in [-0.1, -0.05) is 12.2 Å². The number of halogens is 2. The van der Waals surface area contributed by atoms with Crippen molar-refractivity contribution in [1.29, 1.82) is 0 Å². The molecule has 0 amide bonds. The second-order valence-electron chi connectivity index (χ2n) is 5.33. The van der Waals surface area contributed by atoms with Crippen molar-refractivity contribution in [2.45, 2.75) is 28.9 Å². The fourth-order valence-electron chi connectivity index (χ4n) is 2.09. The van der Waals surface area contributed by atoms with Crippen molar-refractivity contribution in [3.8, 4) is 0 Å². The minimum Gasteiger partial charge on any atom is -0.466 e. The average Bonchev–Trinajstić information content (AvgIpc) is 2.60. The van der Waals surface area contributed by atoms with Crippen LogP contribution in [-0.4, -0.2) is 59.8 Å². The maximum absolute atomic E-state index is 14.6. The van der Waals surface area contributed by atoms with Crippen molar-refractivity contribution in [2.24, 2.45) is 0 Å². The monoisotopic (exact) mass is 396 g/mol. The highest BCUT2D eigenvalue weighted by molar-refractivity contribution is 8.19. The van der Waals surface area contributed by atoms with E-state index in [0.717, 1.165) is 24.0 Å². The zero-order valence-electron chi connectivity index (χ0n) is 14.4. The lowest BCUT2D eigenvalue weighted by atomic mass is 10.1. The normalized spacial score (nSPS) is 19.3. The Labute approximate surface area is 156 Å². The molecule has 1 atom stereocenters. The van der Waals surface area contributed by atoms with E-state index in [1.165, 1.54) is 13.2 Å². The summed E-state index contributed by atoms with van der Waals surface area (Å²) in [6.07, 6.45) is 3.39. The third kappa shape index (κ3) is 6.94. The Hall–Kier alpha value is -0.540. The number of aliphatic hydroxyl groups is 1. The van der Waals surface area contributed by atoms with Crippen LogP contribution in [0.2, 0.25) is 0 Å². The first-order chi connectivity index (χ1) is 11.9. The van der Waals surface area contributed by atoms with Gasteiger partial charge in [-0.05, 0) is 30.4 Å². The number of thioether (sulfide) groups is 2. The summed E-state index contributed by atoms with van der Waals surface area (Å²) < 4.78 is 43.8. The summed E-state index contributed by atoms with van der Waals surface area (Å²) in [6.45, 7) is 7.17. The van der Waals surface area contributed by atoms with Crippen molar-refractivity contribution in [1.82, 2.24) is 0 Å². The molecule has 4 nitrogen and oxygen atoms in total. The van der Waals surface area contributed by atoms with E-state index in [2.05, 4.69) is 13.2 Å². The maximum Gasteiger partial charge on any atom is 0.332 e. The molecule has 1 fully saturated rings. The standard InChI is InChI=1S/C17H26F2O4S2/c1-4-7-16(24-10-6-11-25-16)12-15(17(18,19)14(20)5-2)23-13-22-9-8-21-3/h4-5,12,14,20H,1-2,6-11,13H2,3H3/b15-12-. The molecular formula is C17H26F2O4S2. The summed E-state index contributed by atoms with van der Waals surface area (Å²) in [5.41, 5.74) is 0. The molecule has 25 heavy (non-hydrogen) atoms. The molecule has 0 spiro atoms. The van der Waals surface area contributed by atoms with E-state index in [-0.39, 0.29) is 13.4 Å². The van der Waals surface area contributed by atoms with Crippen molar-refractivity contribution >= 4 is 23.5 Å². The molecule has 0 aromatic heterocycles. The molecule has 8 heteroatoms. The van der Waals surface area contributed by atoms with E-state index in [1.807, 2.05) is 0 Å². The summed E-state index contributed by atoms with van der Waals surface area (Å²) in [4.78, 5) is 0. The molecule has 0 bridgehead atoms. The van der Waals surface area contributed by atoms with Gasteiger partial charge in [-0.2, -0.15) is 8.78 Å². The molecule has 1 saturated heterocycles. The first kappa shape index (κ1) is 22.5. The summed E-state index contributed by atoms with van der Waals surface area (Å²) in [7, 11) is 1.51. The predicted molar refractivity (Wildman–Crippen MR) is 100 cm³/mol. The van der Waals surface area contributed by atoms with E-state index < -0.39 is 21.9 Å². The molecule has 1 aliphatic rings. The van der Waals surface area contributed by atoms with Crippen LogP contribution < -0.4 is 0 Å². The lowest BCUT2D eigenvalue weighted by Crippen LogP contribution is -2.37. The van der Waals surface area contributed by atoms with Crippen molar-refractivity contribution < 1.29 is 28.1 Å². The van der Waals surface area contributed by atoms with Gasteiger partial charge in [-0.3, -0.25) is 0 Å². The fraction of sp³-hybridized carbons (Fsp3) is 0.647. The number of alkyl halides is 2. The minimum atomic E-state index is -3.60. The third-order valence-corrected chi connectivity index (χ3v) is 6.65. The molecule has 0 aromatic rings. The zero-order valence-corrected chi connectivity index (χ0v) is 16.1. The van der Waals surface area contributed by atoms with Crippen LogP contribution in [0.1, 0.15) is 12.8 Å². The van der Waals surface area contributed by atoms with Crippen LogP contribution >= 0.6 is 23.5 Å². The van der Waals surface area contributed by atoms with Crippen LogP contribution in [-0.2, 0) is 14.2 Å². The first-order valence-electron chi connectivity index (χ1n) is 7.92. The SMILES string of the molecule is C=CCC1(/C=C(\OCOCCOC)C(F)(F)C(O)C=C)SCCCS1. The van der Waals surface area contributed by atoms with E-state index in [1.54, 1.807) is 29.6 Å². The Morgan fingerprint density at radius 2 is 2.00 bits per heavy atom. The molecule has 0 aliphatic carbocycles. The Morgan fingerprint density at radius 1 is 1.32 bits per heavy atom. The zero-order chi connectivity index (χ0) is 18.8. The summed E-state index contributed by atoms with van der Waals surface area (Å²) in [6, 6.07) is 0. The molecular weight excluding hydrogens is 370 g/mol. The molecule has 0 saturated carbocycles. The summed E-state index contributed by atoms with van der Waals surface area (Å²) in [5.74, 6) is -2.48.